The summed E-state index contributed by atoms with van der Waals surface area (Å²) >= 11 is 12.1. The first-order valence-electron chi connectivity index (χ1n) is 5.95. The number of rotatable bonds is 2. The maximum absolute atomic E-state index is 6.03. The molecule has 18 heavy (non-hydrogen) atoms. The zero-order valence-corrected chi connectivity index (χ0v) is 11.5. The third kappa shape index (κ3) is 2.23. The van der Waals surface area contributed by atoms with E-state index in [-0.39, 0.29) is 0 Å². The summed E-state index contributed by atoms with van der Waals surface area (Å²) in [6.45, 7) is 1.81. The molecule has 0 saturated heterocycles. The first-order chi connectivity index (χ1) is 8.65. The number of benzene rings is 1. The SMILES string of the molecule is Cc1c(Cl)nc(-c2ccc(C3CC3)cc2)nc1Cl. The van der Waals surface area contributed by atoms with Gasteiger partial charge in [0.2, 0.25) is 0 Å². The molecule has 0 bridgehead atoms. The van der Waals surface area contributed by atoms with Crippen LogP contribution >= 0.6 is 23.2 Å². The molecular weight excluding hydrogens is 267 g/mol. The lowest BCUT2D eigenvalue weighted by Gasteiger charge is -2.05. The van der Waals surface area contributed by atoms with E-state index in [0.717, 1.165) is 17.0 Å². The van der Waals surface area contributed by atoms with E-state index in [1.165, 1.54) is 18.4 Å². The molecule has 0 unspecified atom stereocenters. The van der Waals surface area contributed by atoms with Gasteiger partial charge in [-0.25, -0.2) is 9.97 Å². The number of nitrogens with zero attached hydrogens (tertiary/aromatic N) is 2. The van der Waals surface area contributed by atoms with E-state index in [0.29, 0.717) is 16.1 Å². The molecule has 1 saturated carbocycles. The Morgan fingerprint density at radius 1 is 1.00 bits per heavy atom. The van der Waals surface area contributed by atoms with Crippen molar-refractivity contribution in [1.29, 1.82) is 0 Å². The van der Waals surface area contributed by atoms with Crippen molar-refractivity contribution < 1.29 is 0 Å². The minimum absolute atomic E-state index is 0.413. The second-order valence-corrected chi connectivity index (χ2v) is 5.37. The number of hydrogen-bond donors (Lipinski definition) is 0. The molecule has 4 heteroatoms. The van der Waals surface area contributed by atoms with E-state index in [1.807, 2.05) is 19.1 Å². The largest absolute Gasteiger partial charge is 0.216 e. The molecule has 1 aliphatic rings. The highest BCUT2D eigenvalue weighted by molar-refractivity contribution is 6.34. The molecule has 0 amide bonds. The van der Waals surface area contributed by atoms with Crippen molar-refractivity contribution >= 4 is 23.2 Å². The fourth-order valence-electron chi connectivity index (χ4n) is 1.91. The topological polar surface area (TPSA) is 25.8 Å². The fraction of sp³-hybridized carbons (Fsp3) is 0.286. The van der Waals surface area contributed by atoms with E-state index in [2.05, 4.69) is 22.1 Å². The maximum Gasteiger partial charge on any atom is 0.162 e. The molecule has 0 radical (unpaired) electrons. The minimum Gasteiger partial charge on any atom is -0.216 e. The van der Waals surface area contributed by atoms with E-state index in [9.17, 15) is 0 Å². The van der Waals surface area contributed by atoms with Gasteiger partial charge < -0.3 is 0 Å². The van der Waals surface area contributed by atoms with Gasteiger partial charge in [0.25, 0.3) is 0 Å². The molecule has 92 valence electrons. The van der Waals surface area contributed by atoms with Gasteiger partial charge in [-0.1, -0.05) is 47.5 Å². The van der Waals surface area contributed by atoms with Crippen LogP contribution in [0.2, 0.25) is 10.3 Å². The van der Waals surface area contributed by atoms with Crippen LogP contribution < -0.4 is 0 Å². The summed E-state index contributed by atoms with van der Waals surface area (Å²) in [6, 6.07) is 8.34. The third-order valence-electron chi connectivity index (χ3n) is 3.24. The fourth-order valence-corrected chi connectivity index (χ4v) is 2.30. The van der Waals surface area contributed by atoms with Crippen LogP contribution in [0.15, 0.2) is 24.3 Å². The summed E-state index contributed by atoms with van der Waals surface area (Å²) in [5, 5.41) is 0.826. The number of halogens is 2. The summed E-state index contributed by atoms with van der Waals surface area (Å²) in [5.74, 6) is 1.34. The Morgan fingerprint density at radius 2 is 1.56 bits per heavy atom. The molecule has 0 aliphatic heterocycles. The Kier molecular flexibility index (Phi) is 3.00. The van der Waals surface area contributed by atoms with Crippen LogP contribution in [-0.4, -0.2) is 9.97 Å². The number of hydrogen-bond acceptors (Lipinski definition) is 2. The van der Waals surface area contributed by atoms with Gasteiger partial charge in [-0.2, -0.15) is 0 Å². The second-order valence-electron chi connectivity index (χ2n) is 4.65. The molecular formula is C14H12Cl2N2. The smallest absolute Gasteiger partial charge is 0.162 e. The quantitative estimate of drug-likeness (QED) is 0.748. The average molecular weight is 279 g/mol. The van der Waals surface area contributed by atoms with E-state index in [4.69, 9.17) is 23.2 Å². The van der Waals surface area contributed by atoms with Crippen molar-refractivity contribution in [3.63, 3.8) is 0 Å². The molecule has 1 aliphatic carbocycles. The van der Waals surface area contributed by atoms with Gasteiger partial charge in [0.1, 0.15) is 10.3 Å². The molecule has 0 N–H and O–H groups in total. The minimum atomic E-state index is 0.413. The van der Waals surface area contributed by atoms with Crippen LogP contribution in [0, 0.1) is 6.92 Å². The summed E-state index contributed by atoms with van der Waals surface area (Å²) in [5.41, 5.74) is 3.06. The van der Waals surface area contributed by atoms with Crippen molar-refractivity contribution in [3.8, 4) is 11.4 Å². The van der Waals surface area contributed by atoms with Gasteiger partial charge in [0.05, 0.1) is 0 Å². The molecule has 1 heterocycles. The van der Waals surface area contributed by atoms with E-state index >= 15 is 0 Å². The molecule has 0 spiro atoms. The normalized spacial score (nSPS) is 14.8. The van der Waals surface area contributed by atoms with Crippen molar-refractivity contribution in [2.75, 3.05) is 0 Å². The van der Waals surface area contributed by atoms with Crippen molar-refractivity contribution in [3.05, 3.63) is 45.7 Å². The Morgan fingerprint density at radius 3 is 2.06 bits per heavy atom. The lowest BCUT2D eigenvalue weighted by atomic mass is 10.1. The first kappa shape index (κ1) is 11.9. The Bertz CT molecular complexity index is 566. The van der Waals surface area contributed by atoms with Gasteiger partial charge >= 0.3 is 0 Å². The second kappa shape index (κ2) is 4.52. The summed E-state index contributed by atoms with van der Waals surface area (Å²) in [4.78, 5) is 8.53. The molecule has 1 aromatic heterocycles. The van der Waals surface area contributed by atoms with Crippen LogP contribution in [-0.2, 0) is 0 Å². The highest BCUT2D eigenvalue weighted by Gasteiger charge is 2.23. The lowest BCUT2D eigenvalue weighted by Crippen LogP contribution is -1.94. The van der Waals surface area contributed by atoms with Crippen LogP contribution in [0.3, 0.4) is 0 Å². The zero-order chi connectivity index (χ0) is 12.7. The number of aromatic nitrogens is 2. The van der Waals surface area contributed by atoms with Gasteiger partial charge in [-0.3, -0.25) is 0 Å². The van der Waals surface area contributed by atoms with Gasteiger partial charge in [-0.15, -0.1) is 0 Å². The van der Waals surface area contributed by atoms with Crippen LogP contribution in [0.1, 0.15) is 29.9 Å². The predicted molar refractivity (Wildman–Crippen MR) is 74.2 cm³/mol. The molecule has 3 rings (SSSR count). The molecule has 2 aromatic rings. The van der Waals surface area contributed by atoms with E-state index in [1.54, 1.807) is 0 Å². The lowest BCUT2D eigenvalue weighted by molar-refractivity contribution is 1.12. The Balaban J connectivity index is 1.98. The van der Waals surface area contributed by atoms with Gasteiger partial charge in [0.15, 0.2) is 5.82 Å². The highest BCUT2D eigenvalue weighted by atomic mass is 35.5. The zero-order valence-electron chi connectivity index (χ0n) is 9.95. The third-order valence-corrected chi connectivity index (χ3v) is 3.98. The molecule has 1 aromatic carbocycles. The first-order valence-corrected chi connectivity index (χ1v) is 6.70. The summed E-state index contributed by atoms with van der Waals surface area (Å²) < 4.78 is 0. The monoisotopic (exact) mass is 278 g/mol. The molecule has 0 atom stereocenters. The van der Waals surface area contributed by atoms with Gasteiger partial charge in [0, 0.05) is 11.1 Å². The Hall–Kier alpha value is -1.12. The van der Waals surface area contributed by atoms with Crippen molar-refractivity contribution in [2.24, 2.45) is 0 Å². The van der Waals surface area contributed by atoms with Crippen LogP contribution in [0.4, 0.5) is 0 Å². The maximum atomic E-state index is 6.03. The van der Waals surface area contributed by atoms with E-state index < -0.39 is 0 Å². The predicted octanol–water partition coefficient (Wildman–Crippen LogP) is 4.64. The summed E-state index contributed by atoms with van der Waals surface area (Å²) in [7, 11) is 0. The van der Waals surface area contributed by atoms with Crippen molar-refractivity contribution in [2.45, 2.75) is 25.7 Å². The van der Waals surface area contributed by atoms with Crippen molar-refractivity contribution in [1.82, 2.24) is 9.97 Å². The standard InChI is InChI=1S/C14H12Cl2N2/c1-8-12(15)17-14(18-13(8)16)11-6-4-10(5-7-11)9-2-3-9/h4-7,9H,2-3H2,1H3. The highest BCUT2D eigenvalue weighted by Crippen LogP contribution is 2.40. The molecule has 2 nitrogen and oxygen atoms in total. The molecule has 1 fully saturated rings. The van der Waals surface area contributed by atoms with Crippen LogP contribution in [0.25, 0.3) is 11.4 Å². The average Bonchev–Trinajstić information content (AvgIpc) is 3.20. The summed E-state index contributed by atoms with van der Waals surface area (Å²) in [6.07, 6.45) is 2.61. The van der Waals surface area contributed by atoms with Gasteiger partial charge in [-0.05, 0) is 31.2 Å². The van der Waals surface area contributed by atoms with Crippen LogP contribution in [0.5, 0.6) is 0 Å². The Labute approximate surface area is 116 Å².